The van der Waals surface area contributed by atoms with Gasteiger partial charge in [-0.05, 0) is 20.8 Å². The molecule has 0 bridgehead atoms. The Bertz CT molecular complexity index is 283. The van der Waals surface area contributed by atoms with Crippen molar-refractivity contribution in [2.24, 2.45) is 0 Å². The number of aryl methyl sites for hydroxylation is 1. The quantitative estimate of drug-likeness (QED) is 0.810. The zero-order valence-electron chi connectivity index (χ0n) is 8.53. The maximum absolute atomic E-state index is 9.42. The molecule has 1 rings (SSSR count). The van der Waals surface area contributed by atoms with Gasteiger partial charge in [0, 0.05) is 13.6 Å². The lowest BCUT2D eigenvalue weighted by Crippen LogP contribution is -2.15. The van der Waals surface area contributed by atoms with E-state index in [-0.39, 0.29) is 0 Å². The summed E-state index contributed by atoms with van der Waals surface area (Å²) in [5, 5.41) is 10.4. The van der Waals surface area contributed by atoms with Crippen LogP contribution >= 0.6 is 11.3 Å². The first-order valence-corrected chi connectivity index (χ1v) is 5.24. The first-order chi connectivity index (χ1) is 6.06. The average Bonchev–Trinajstić information content (AvgIpc) is 2.46. The lowest BCUT2D eigenvalue weighted by Gasteiger charge is -2.11. The van der Waals surface area contributed by atoms with E-state index in [4.69, 9.17) is 0 Å². The molecule has 0 radical (unpaired) electrons. The summed E-state index contributed by atoms with van der Waals surface area (Å²) in [6.45, 7) is 6.73. The number of rotatable bonds is 3. The highest BCUT2D eigenvalue weighted by molar-refractivity contribution is 7.15. The number of anilines is 1. The molecular formula is C9H16N2OS. The Hall–Kier alpha value is -0.610. The fraction of sp³-hybridized carbons (Fsp3) is 0.667. The Balaban J connectivity index is 2.95. The highest BCUT2D eigenvalue weighted by Gasteiger charge is 2.13. The Morgan fingerprint density at radius 1 is 1.62 bits per heavy atom. The Morgan fingerprint density at radius 3 is 2.62 bits per heavy atom. The van der Waals surface area contributed by atoms with Crippen LogP contribution < -0.4 is 4.90 Å². The van der Waals surface area contributed by atoms with Crippen molar-refractivity contribution in [2.45, 2.75) is 26.9 Å². The van der Waals surface area contributed by atoms with Gasteiger partial charge in [0.25, 0.3) is 0 Å². The van der Waals surface area contributed by atoms with E-state index < -0.39 is 6.10 Å². The number of hydrogen-bond acceptors (Lipinski definition) is 4. The standard InChI is InChI=1S/C9H16N2OS/c1-5-11(4)9-10-6(2)8(13-9)7(3)12/h7,12H,5H2,1-4H3. The third-order valence-corrected chi connectivity index (χ3v) is 3.44. The zero-order chi connectivity index (χ0) is 10.0. The van der Waals surface area contributed by atoms with Gasteiger partial charge in [-0.15, -0.1) is 0 Å². The first kappa shape index (κ1) is 10.5. The second-order valence-corrected chi connectivity index (χ2v) is 4.15. The van der Waals surface area contributed by atoms with Crippen LogP contribution in [0.4, 0.5) is 5.13 Å². The van der Waals surface area contributed by atoms with E-state index in [9.17, 15) is 5.11 Å². The maximum atomic E-state index is 9.42. The Kier molecular flexibility index (Phi) is 3.27. The van der Waals surface area contributed by atoms with Crippen molar-refractivity contribution < 1.29 is 5.11 Å². The van der Waals surface area contributed by atoms with E-state index in [0.29, 0.717) is 0 Å². The van der Waals surface area contributed by atoms with E-state index in [1.807, 2.05) is 14.0 Å². The van der Waals surface area contributed by atoms with E-state index >= 15 is 0 Å². The molecule has 0 aliphatic carbocycles. The van der Waals surface area contributed by atoms with E-state index in [0.717, 1.165) is 22.2 Å². The van der Waals surface area contributed by atoms with E-state index in [1.54, 1.807) is 18.3 Å². The predicted octanol–water partition coefficient (Wildman–Crippen LogP) is 1.96. The second-order valence-electron chi connectivity index (χ2n) is 3.14. The molecule has 1 unspecified atom stereocenters. The van der Waals surface area contributed by atoms with E-state index in [1.165, 1.54) is 0 Å². The van der Waals surface area contributed by atoms with Crippen LogP contribution in [0.3, 0.4) is 0 Å². The van der Waals surface area contributed by atoms with Crippen molar-refractivity contribution in [3.8, 4) is 0 Å². The molecule has 0 amide bonds. The Morgan fingerprint density at radius 2 is 2.23 bits per heavy atom. The van der Waals surface area contributed by atoms with Crippen LogP contribution in [0, 0.1) is 6.92 Å². The fourth-order valence-electron chi connectivity index (χ4n) is 1.08. The van der Waals surface area contributed by atoms with Crippen LogP contribution in [0.5, 0.6) is 0 Å². The lowest BCUT2D eigenvalue weighted by atomic mass is 10.3. The molecule has 0 aromatic carbocycles. The van der Waals surface area contributed by atoms with Crippen LogP contribution in [0.25, 0.3) is 0 Å². The highest BCUT2D eigenvalue weighted by Crippen LogP contribution is 2.29. The first-order valence-electron chi connectivity index (χ1n) is 4.42. The van der Waals surface area contributed by atoms with Gasteiger partial charge in [0.05, 0.1) is 16.7 Å². The van der Waals surface area contributed by atoms with Crippen molar-refractivity contribution in [2.75, 3.05) is 18.5 Å². The van der Waals surface area contributed by atoms with Crippen LogP contribution in [-0.2, 0) is 0 Å². The molecular weight excluding hydrogens is 184 g/mol. The minimum Gasteiger partial charge on any atom is -0.388 e. The third kappa shape index (κ3) is 2.19. The van der Waals surface area contributed by atoms with Gasteiger partial charge < -0.3 is 10.0 Å². The van der Waals surface area contributed by atoms with Gasteiger partial charge in [0.2, 0.25) is 0 Å². The van der Waals surface area contributed by atoms with Gasteiger partial charge in [0.15, 0.2) is 5.13 Å². The van der Waals surface area contributed by atoms with Crippen LogP contribution in [0.1, 0.15) is 30.5 Å². The second kappa shape index (κ2) is 4.07. The molecule has 1 aromatic heterocycles. The molecule has 0 spiro atoms. The van der Waals surface area contributed by atoms with Crippen LogP contribution in [0.2, 0.25) is 0 Å². The minimum absolute atomic E-state index is 0.406. The van der Waals surface area contributed by atoms with Gasteiger partial charge >= 0.3 is 0 Å². The summed E-state index contributed by atoms with van der Waals surface area (Å²) in [4.78, 5) is 7.43. The van der Waals surface area contributed by atoms with E-state index in [2.05, 4.69) is 16.8 Å². The summed E-state index contributed by atoms with van der Waals surface area (Å²) in [5.74, 6) is 0. The normalized spacial score (nSPS) is 13.0. The van der Waals surface area contributed by atoms with Crippen LogP contribution in [0.15, 0.2) is 0 Å². The molecule has 0 saturated heterocycles. The average molecular weight is 200 g/mol. The van der Waals surface area contributed by atoms with Gasteiger partial charge in [-0.2, -0.15) is 0 Å². The number of aliphatic hydroxyl groups is 1. The van der Waals surface area contributed by atoms with Gasteiger partial charge in [0.1, 0.15) is 0 Å². The molecule has 1 aromatic rings. The largest absolute Gasteiger partial charge is 0.388 e. The number of aliphatic hydroxyl groups excluding tert-OH is 1. The van der Waals surface area contributed by atoms with Crippen LogP contribution in [-0.4, -0.2) is 23.7 Å². The SMILES string of the molecule is CCN(C)c1nc(C)c(C(C)O)s1. The summed E-state index contributed by atoms with van der Waals surface area (Å²) in [6.07, 6.45) is -0.406. The summed E-state index contributed by atoms with van der Waals surface area (Å²) in [5.41, 5.74) is 0.940. The number of hydrogen-bond donors (Lipinski definition) is 1. The monoisotopic (exact) mass is 200 g/mol. The van der Waals surface area contributed by atoms with Crippen molar-refractivity contribution in [3.63, 3.8) is 0 Å². The van der Waals surface area contributed by atoms with Crippen molar-refractivity contribution in [3.05, 3.63) is 10.6 Å². The minimum atomic E-state index is -0.406. The van der Waals surface area contributed by atoms with Crippen molar-refractivity contribution in [1.29, 1.82) is 0 Å². The fourth-order valence-corrected chi connectivity index (χ4v) is 2.11. The van der Waals surface area contributed by atoms with Crippen molar-refractivity contribution >= 4 is 16.5 Å². The summed E-state index contributed by atoms with van der Waals surface area (Å²) < 4.78 is 0. The Labute approximate surface area is 83.0 Å². The summed E-state index contributed by atoms with van der Waals surface area (Å²) in [7, 11) is 2.00. The smallest absolute Gasteiger partial charge is 0.185 e. The molecule has 13 heavy (non-hydrogen) atoms. The number of thiazole rings is 1. The molecule has 0 aliphatic rings. The number of nitrogens with zero attached hydrogens (tertiary/aromatic N) is 2. The molecule has 0 saturated carbocycles. The zero-order valence-corrected chi connectivity index (χ0v) is 9.35. The molecule has 1 N–H and O–H groups in total. The summed E-state index contributed by atoms with van der Waals surface area (Å²) >= 11 is 1.57. The third-order valence-electron chi connectivity index (χ3n) is 2.00. The predicted molar refractivity (Wildman–Crippen MR) is 56.4 cm³/mol. The molecule has 74 valence electrons. The van der Waals surface area contributed by atoms with Gasteiger partial charge in [-0.1, -0.05) is 11.3 Å². The maximum Gasteiger partial charge on any atom is 0.185 e. The molecule has 1 heterocycles. The molecule has 3 nitrogen and oxygen atoms in total. The number of aromatic nitrogens is 1. The molecule has 1 atom stereocenters. The van der Waals surface area contributed by atoms with Gasteiger partial charge in [-0.25, -0.2) is 4.98 Å². The summed E-state index contributed by atoms with van der Waals surface area (Å²) in [6, 6.07) is 0. The van der Waals surface area contributed by atoms with Crippen molar-refractivity contribution in [1.82, 2.24) is 4.98 Å². The highest BCUT2D eigenvalue weighted by atomic mass is 32.1. The molecule has 0 aliphatic heterocycles. The topological polar surface area (TPSA) is 36.4 Å². The van der Waals surface area contributed by atoms with Gasteiger partial charge in [-0.3, -0.25) is 0 Å². The molecule has 0 fully saturated rings. The lowest BCUT2D eigenvalue weighted by molar-refractivity contribution is 0.202. The molecule has 4 heteroatoms.